The van der Waals surface area contributed by atoms with Crippen molar-refractivity contribution in [2.45, 2.75) is 51.6 Å². The normalized spacial score (nSPS) is 32.6. The van der Waals surface area contributed by atoms with Gasteiger partial charge in [0, 0.05) is 24.4 Å². The van der Waals surface area contributed by atoms with Crippen molar-refractivity contribution in [2.75, 3.05) is 31.1 Å². The third-order valence-electron chi connectivity index (χ3n) is 3.92. The van der Waals surface area contributed by atoms with Crippen LogP contribution in [0.1, 0.15) is 39.5 Å². The van der Waals surface area contributed by atoms with Crippen LogP contribution in [-0.4, -0.2) is 48.1 Å². The Bertz CT molecular complexity index is 214. The van der Waals surface area contributed by atoms with E-state index >= 15 is 0 Å². The van der Waals surface area contributed by atoms with E-state index in [1.807, 2.05) is 0 Å². The molecule has 2 heterocycles. The second kappa shape index (κ2) is 7.01. The van der Waals surface area contributed by atoms with E-state index in [9.17, 15) is 0 Å². The van der Waals surface area contributed by atoms with Crippen LogP contribution in [-0.2, 0) is 0 Å². The largest absolute Gasteiger partial charge is 0.313 e. The highest BCUT2D eigenvalue weighted by Crippen LogP contribution is 2.23. The maximum absolute atomic E-state index is 3.73. The monoisotopic (exact) mass is 256 g/mol. The zero-order valence-corrected chi connectivity index (χ0v) is 12.3. The van der Waals surface area contributed by atoms with Crippen molar-refractivity contribution in [3.8, 4) is 0 Å². The van der Waals surface area contributed by atoms with Gasteiger partial charge in [-0.05, 0) is 50.4 Å². The summed E-state index contributed by atoms with van der Waals surface area (Å²) in [7, 11) is 0. The van der Waals surface area contributed by atoms with E-state index in [4.69, 9.17) is 0 Å². The molecule has 2 atom stereocenters. The maximum atomic E-state index is 3.73. The second-order valence-electron chi connectivity index (χ2n) is 6.00. The third kappa shape index (κ3) is 4.46. The minimum Gasteiger partial charge on any atom is -0.313 e. The standard InChI is InChI=1S/C14H28N2S/c1-12(2)9-13-10-16(7-4-6-15-13)14-5-3-8-17-11-14/h12-15H,3-11H2,1-2H3. The van der Waals surface area contributed by atoms with Crippen LogP contribution in [0.4, 0.5) is 0 Å². The number of nitrogens with one attached hydrogen (secondary N) is 1. The Labute approximate surface area is 111 Å². The zero-order valence-electron chi connectivity index (χ0n) is 11.5. The van der Waals surface area contributed by atoms with E-state index < -0.39 is 0 Å². The molecular weight excluding hydrogens is 228 g/mol. The van der Waals surface area contributed by atoms with Crippen LogP contribution in [0.3, 0.4) is 0 Å². The molecule has 0 spiro atoms. The summed E-state index contributed by atoms with van der Waals surface area (Å²) in [6, 6.07) is 1.59. The topological polar surface area (TPSA) is 15.3 Å². The fraction of sp³-hybridized carbons (Fsp3) is 1.00. The van der Waals surface area contributed by atoms with Crippen molar-refractivity contribution in [1.29, 1.82) is 0 Å². The second-order valence-corrected chi connectivity index (χ2v) is 7.15. The summed E-state index contributed by atoms with van der Waals surface area (Å²) in [5, 5.41) is 3.73. The van der Waals surface area contributed by atoms with Crippen molar-refractivity contribution < 1.29 is 0 Å². The molecule has 0 saturated carbocycles. The Hall–Kier alpha value is 0.270. The SMILES string of the molecule is CC(C)CC1CN(C2CCCSC2)CCCN1. The Balaban J connectivity index is 1.86. The lowest BCUT2D eigenvalue weighted by Gasteiger charge is -2.35. The molecule has 100 valence electrons. The summed E-state index contributed by atoms with van der Waals surface area (Å²) in [5.41, 5.74) is 0. The molecule has 0 aromatic carbocycles. The molecule has 0 bridgehead atoms. The molecule has 0 aromatic rings. The lowest BCUT2D eigenvalue weighted by atomic mass is 10.0. The highest BCUT2D eigenvalue weighted by molar-refractivity contribution is 7.99. The molecule has 2 rings (SSSR count). The number of rotatable bonds is 3. The molecule has 0 radical (unpaired) electrons. The third-order valence-corrected chi connectivity index (χ3v) is 5.12. The molecule has 2 nitrogen and oxygen atoms in total. The first kappa shape index (κ1) is 13.7. The molecule has 2 saturated heterocycles. The van der Waals surface area contributed by atoms with Crippen LogP contribution in [0.15, 0.2) is 0 Å². The van der Waals surface area contributed by atoms with Crippen LogP contribution in [0.2, 0.25) is 0 Å². The molecule has 1 N–H and O–H groups in total. The van der Waals surface area contributed by atoms with Crippen molar-refractivity contribution in [2.24, 2.45) is 5.92 Å². The fourth-order valence-electron chi connectivity index (χ4n) is 3.10. The molecule has 2 fully saturated rings. The predicted molar refractivity (Wildman–Crippen MR) is 77.8 cm³/mol. The fourth-order valence-corrected chi connectivity index (χ4v) is 4.28. The molecule has 0 aliphatic carbocycles. The highest BCUT2D eigenvalue weighted by Gasteiger charge is 2.25. The zero-order chi connectivity index (χ0) is 12.1. The summed E-state index contributed by atoms with van der Waals surface area (Å²) in [6.07, 6.45) is 5.52. The van der Waals surface area contributed by atoms with Crippen LogP contribution < -0.4 is 5.32 Å². The maximum Gasteiger partial charge on any atom is 0.0197 e. The summed E-state index contributed by atoms with van der Waals surface area (Å²) < 4.78 is 0. The van der Waals surface area contributed by atoms with Gasteiger partial charge in [-0.2, -0.15) is 11.8 Å². The quantitative estimate of drug-likeness (QED) is 0.835. The van der Waals surface area contributed by atoms with Gasteiger partial charge in [0.2, 0.25) is 0 Å². The van der Waals surface area contributed by atoms with E-state index in [1.54, 1.807) is 0 Å². The Kier molecular flexibility index (Phi) is 5.64. The van der Waals surface area contributed by atoms with Crippen LogP contribution in [0.5, 0.6) is 0 Å². The lowest BCUT2D eigenvalue weighted by molar-refractivity contribution is 0.190. The first-order chi connectivity index (χ1) is 8.25. The predicted octanol–water partition coefficient (Wildman–Crippen LogP) is 2.59. The minimum absolute atomic E-state index is 0.726. The van der Waals surface area contributed by atoms with Crippen LogP contribution in [0, 0.1) is 5.92 Å². The highest BCUT2D eigenvalue weighted by atomic mass is 32.2. The summed E-state index contributed by atoms with van der Waals surface area (Å²) in [4.78, 5) is 2.78. The molecule has 2 unspecified atom stereocenters. The molecule has 17 heavy (non-hydrogen) atoms. The molecule has 2 aliphatic heterocycles. The Morgan fingerprint density at radius 3 is 2.94 bits per heavy atom. The van der Waals surface area contributed by atoms with Gasteiger partial charge in [-0.15, -0.1) is 0 Å². The van der Waals surface area contributed by atoms with Crippen LogP contribution in [0.25, 0.3) is 0 Å². The van der Waals surface area contributed by atoms with E-state index in [1.165, 1.54) is 56.8 Å². The van der Waals surface area contributed by atoms with Crippen molar-refractivity contribution in [3.63, 3.8) is 0 Å². The molecule has 3 heteroatoms. The van der Waals surface area contributed by atoms with E-state index in [0.717, 1.165) is 18.0 Å². The average Bonchev–Trinajstić information content (AvgIpc) is 2.55. The summed E-state index contributed by atoms with van der Waals surface area (Å²) in [5.74, 6) is 3.57. The van der Waals surface area contributed by atoms with Gasteiger partial charge in [0.1, 0.15) is 0 Å². The van der Waals surface area contributed by atoms with Gasteiger partial charge >= 0.3 is 0 Å². The molecular formula is C14H28N2S. The van der Waals surface area contributed by atoms with Gasteiger partial charge in [-0.25, -0.2) is 0 Å². The summed E-state index contributed by atoms with van der Waals surface area (Å²) in [6.45, 7) is 8.49. The first-order valence-corrected chi connectivity index (χ1v) is 8.46. The first-order valence-electron chi connectivity index (χ1n) is 7.31. The number of hydrogen-bond acceptors (Lipinski definition) is 3. The van der Waals surface area contributed by atoms with Crippen molar-refractivity contribution in [3.05, 3.63) is 0 Å². The lowest BCUT2D eigenvalue weighted by Crippen LogP contribution is -2.45. The molecule has 0 amide bonds. The Morgan fingerprint density at radius 1 is 1.35 bits per heavy atom. The van der Waals surface area contributed by atoms with E-state index in [-0.39, 0.29) is 0 Å². The Morgan fingerprint density at radius 2 is 2.24 bits per heavy atom. The average molecular weight is 256 g/mol. The van der Waals surface area contributed by atoms with Gasteiger partial charge in [-0.3, -0.25) is 4.90 Å². The van der Waals surface area contributed by atoms with Gasteiger partial charge in [0.15, 0.2) is 0 Å². The van der Waals surface area contributed by atoms with E-state index in [2.05, 4.69) is 35.8 Å². The number of nitrogens with zero attached hydrogens (tertiary/aromatic N) is 1. The van der Waals surface area contributed by atoms with Crippen LogP contribution >= 0.6 is 11.8 Å². The van der Waals surface area contributed by atoms with Crippen molar-refractivity contribution in [1.82, 2.24) is 10.2 Å². The minimum atomic E-state index is 0.726. The van der Waals surface area contributed by atoms with Crippen molar-refractivity contribution >= 4 is 11.8 Å². The number of thioether (sulfide) groups is 1. The van der Waals surface area contributed by atoms with E-state index in [0.29, 0.717) is 0 Å². The van der Waals surface area contributed by atoms with Gasteiger partial charge in [-0.1, -0.05) is 13.8 Å². The summed E-state index contributed by atoms with van der Waals surface area (Å²) >= 11 is 2.16. The van der Waals surface area contributed by atoms with Gasteiger partial charge < -0.3 is 5.32 Å². The van der Waals surface area contributed by atoms with Gasteiger partial charge in [0.05, 0.1) is 0 Å². The smallest absolute Gasteiger partial charge is 0.0197 e. The van der Waals surface area contributed by atoms with Gasteiger partial charge in [0.25, 0.3) is 0 Å². The molecule has 2 aliphatic rings. The number of hydrogen-bond donors (Lipinski definition) is 1. The molecule has 0 aromatic heterocycles.